The van der Waals surface area contributed by atoms with Gasteiger partial charge < -0.3 is 14.9 Å². The van der Waals surface area contributed by atoms with Gasteiger partial charge in [-0.15, -0.1) is 0 Å². The lowest BCUT2D eigenvalue weighted by Crippen LogP contribution is -2.00. The molecule has 1 atom stereocenters. The van der Waals surface area contributed by atoms with Gasteiger partial charge in [0.25, 0.3) is 0 Å². The van der Waals surface area contributed by atoms with E-state index in [1.165, 1.54) is 0 Å². The molecule has 4 nitrogen and oxygen atoms in total. The van der Waals surface area contributed by atoms with Crippen LogP contribution in [-0.2, 0) is 24.1 Å². The monoisotopic (exact) mass is 223 g/mol. The Bertz CT molecular complexity index is 377. The molecule has 2 heterocycles. The second kappa shape index (κ2) is 3.70. The smallest absolute Gasteiger partial charge is 0.197 e. The lowest BCUT2D eigenvalue weighted by Gasteiger charge is -2.09. The van der Waals surface area contributed by atoms with Gasteiger partial charge in [-0.1, -0.05) is 0 Å². The van der Waals surface area contributed by atoms with E-state index >= 15 is 0 Å². The number of aromatic nitrogens is 1. The third kappa shape index (κ3) is 1.57. The topological polar surface area (TPSA) is 57.9 Å². The van der Waals surface area contributed by atoms with Crippen LogP contribution in [0.4, 0.5) is 0 Å². The van der Waals surface area contributed by atoms with E-state index in [1.807, 2.05) is 0 Å². The van der Waals surface area contributed by atoms with Gasteiger partial charge in [-0.3, -0.25) is 4.57 Å². The van der Waals surface area contributed by atoms with Crippen LogP contribution in [0, 0.1) is 0 Å². The van der Waals surface area contributed by atoms with Crippen molar-refractivity contribution in [2.45, 2.75) is 44.8 Å². The molecule has 0 amide bonds. The SMILES string of the molecule is Oc1c2c(c(O)n1CCC1CO1)CCCC2. The van der Waals surface area contributed by atoms with Crippen LogP contribution in [0.15, 0.2) is 0 Å². The second-order valence-electron chi connectivity index (χ2n) is 4.71. The normalized spacial score (nSPS) is 23.1. The zero-order valence-electron chi connectivity index (χ0n) is 9.28. The predicted molar refractivity (Wildman–Crippen MR) is 58.8 cm³/mol. The molecular weight excluding hydrogens is 206 g/mol. The van der Waals surface area contributed by atoms with E-state index in [1.54, 1.807) is 4.57 Å². The van der Waals surface area contributed by atoms with Crippen LogP contribution >= 0.6 is 0 Å². The highest BCUT2D eigenvalue weighted by Gasteiger charge is 2.27. The average molecular weight is 223 g/mol. The van der Waals surface area contributed by atoms with E-state index in [0.717, 1.165) is 49.8 Å². The Morgan fingerprint density at radius 1 is 1.12 bits per heavy atom. The van der Waals surface area contributed by atoms with E-state index in [-0.39, 0.29) is 11.8 Å². The fraction of sp³-hybridized carbons (Fsp3) is 0.667. The number of ether oxygens (including phenoxy) is 1. The summed E-state index contributed by atoms with van der Waals surface area (Å²) >= 11 is 0. The van der Waals surface area contributed by atoms with Crippen molar-refractivity contribution in [1.29, 1.82) is 0 Å². The fourth-order valence-corrected chi connectivity index (χ4v) is 2.54. The summed E-state index contributed by atoms with van der Waals surface area (Å²) in [5.74, 6) is 0.542. The highest BCUT2D eigenvalue weighted by Crippen LogP contribution is 2.39. The van der Waals surface area contributed by atoms with Gasteiger partial charge in [-0.05, 0) is 32.1 Å². The molecule has 88 valence electrons. The minimum atomic E-state index is 0.271. The summed E-state index contributed by atoms with van der Waals surface area (Å²) in [5, 5.41) is 20.1. The van der Waals surface area contributed by atoms with E-state index in [2.05, 4.69) is 0 Å². The summed E-state index contributed by atoms with van der Waals surface area (Å²) < 4.78 is 6.77. The minimum absolute atomic E-state index is 0.271. The molecule has 1 saturated heterocycles. The van der Waals surface area contributed by atoms with Gasteiger partial charge in [-0.2, -0.15) is 0 Å². The zero-order chi connectivity index (χ0) is 11.1. The zero-order valence-corrected chi connectivity index (χ0v) is 9.28. The van der Waals surface area contributed by atoms with E-state index in [0.29, 0.717) is 12.6 Å². The molecule has 1 aliphatic carbocycles. The van der Waals surface area contributed by atoms with E-state index < -0.39 is 0 Å². The minimum Gasteiger partial charge on any atom is -0.494 e. The fourth-order valence-electron chi connectivity index (χ4n) is 2.54. The van der Waals surface area contributed by atoms with Crippen molar-refractivity contribution >= 4 is 0 Å². The number of aromatic hydroxyl groups is 2. The van der Waals surface area contributed by atoms with Crippen LogP contribution in [0.1, 0.15) is 30.4 Å². The van der Waals surface area contributed by atoms with Crippen LogP contribution < -0.4 is 0 Å². The molecule has 1 aliphatic heterocycles. The lowest BCUT2D eigenvalue weighted by atomic mass is 9.95. The van der Waals surface area contributed by atoms with Crippen molar-refractivity contribution in [3.05, 3.63) is 11.1 Å². The molecule has 0 saturated carbocycles. The Morgan fingerprint density at radius 3 is 2.19 bits per heavy atom. The molecule has 4 heteroatoms. The number of hydrogen-bond donors (Lipinski definition) is 2. The van der Waals surface area contributed by atoms with Gasteiger partial charge in [0, 0.05) is 17.7 Å². The van der Waals surface area contributed by atoms with Crippen molar-refractivity contribution < 1.29 is 14.9 Å². The summed E-state index contributed by atoms with van der Waals surface area (Å²) in [5.41, 5.74) is 1.92. The molecule has 0 bridgehead atoms. The Morgan fingerprint density at radius 2 is 1.69 bits per heavy atom. The highest BCUT2D eigenvalue weighted by atomic mass is 16.6. The van der Waals surface area contributed by atoms with E-state index in [4.69, 9.17) is 4.74 Å². The number of epoxide rings is 1. The van der Waals surface area contributed by atoms with Crippen LogP contribution in [-0.4, -0.2) is 27.5 Å². The number of hydrogen-bond acceptors (Lipinski definition) is 3. The maximum atomic E-state index is 10.1. The molecule has 16 heavy (non-hydrogen) atoms. The molecular formula is C12H17NO3. The maximum Gasteiger partial charge on any atom is 0.197 e. The quantitative estimate of drug-likeness (QED) is 0.765. The molecule has 2 N–H and O–H groups in total. The average Bonchev–Trinajstić information content (AvgIpc) is 3.09. The molecule has 0 spiro atoms. The number of rotatable bonds is 3. The standard InChI is InChI=1S/C12H17NO3/c14-11-9-3-1-2-4-10(9)12(15)13(11)6-5-8-7-16-8/h8,14-15H,1-7H2. The summed E-state index contributed by atoms with van der Waals surface area (Å²) in [4.78, 5) is 0. The molecule has 1 unspecified atom stereocenters. The van der Waals surface area contributed by atoms with Crippen LogP contribution in [0.25, 0.3) is 0 Å². The molecule has 3 rings (SSSR count). The molecule has 0 radical (unpaired) electrons. The Hall–Kier alpha value is -1.16. The van der Waals surface area contributed by atoms with Crippen LogP contribution in [0.3, 0.4) is 0 Å². The van der Waals surface area contributed by atoms with Crippen LogP contribution in [0.2, 0.25) is 0 Å². The Balaban J connectivity index is 1.87. The summed E-state index contributed by atoms with van der Waals surface area (Å²) in [6.45, 7) is 1.47. The van der Waals surface area contributed by atoms with Gasteiger partial charge in [0.2, 0.25) is 0 Å². The summed E-state index contributed by atoms with van der Waals surface area (Å²) in [7, 11) is 0. The molecule has 2 aliphatic rings. The second-order valence-corrected chi connectivity index (χ2v) is 4.71. The lowest BCUT2D eigenvalue weighted by molar-refractivity contribution is 0.340. The van der Waals surface area contributed by atoms with Gasteiger partial charge in [0.15, 0.2) is 11.8 Å². The van der Waals surface area contributed by atoms with Crippen molar-refractivity contribution in [1.82, 2.24) is 4.57 Å². The van der Waals surface area contributed by atoms with Crippen molar-refractivity contribution in [3.63, 3.8) is 0 Å². The first kappa shape index (κ1) is 10.0. The largest absolute Gasteiger partial charge is 0.494 e. The van der Waals surface area contributed by atoms with Crippen molar-refractivity contribution in [3.8, 4) is 11.8 Å². The molecule has 1 fully saturated rings. The first-order valence-corrected chi connectivity index (χ1v) is 6.01. The first-order chi connectivity index (χ1) is 7.77. The third-order valence-electron chi connectivity index (χ3n) is 3.60. The van der Waals surface area contributed by atoms with Crippen molar-refractivity contribution in [2.24, 2.45) is 0 Å². The van der Waals surface area contributed by atoms with Crippen LogP contribution in [0.5, 0.6) is 11.8 Å². The van der Waals surface area contributed by atoms with Gasteiger partial charge in [0.1, 0.15) is 0 Å². The van der Waals surface area contributed by atoms with Crippen molar-refractivity contribution in [2.75, 3.05) is 6.61 Å². The van der Waals surface area contributed by atoms with Gasteiger partial charge >= 0.3 is 0 Å². The molecule has 1 aromatic rings. The molecule has 1 aromatic heterocycles. The van der Waals surface area contributed by atoms with Gasteiger partial charge in [0.05, 0.1) is 12.7 Å². The first-order valence-electron chi connectivity index (χ1n) is 6.01. The van der Waals surface area contributed by atoms with E-state index in [9.17, 15) is 10.2 Å². The molecule has 0 aromatic carbocycles. The third-order valence-corrected chi connectivity index (χ3v) is 3.60. The number of nitrogens with zero attached hydrogens (tertiary/aromatic N) is 1. The number of fused-ring (bicyclic) bond motifs is 1. The summed E-state index contributed by atoms with van der Waals surface area (Å²) in [6, 6.07) is 0. The predicted octanol–water partition coefficient (Wildman–Crippen LogP) is 1.57. The Labute approximate surface area is 94.5 Å². The summed E-state index contributed by atoms with van der Waals surface area (Å²) in [6.07, 6.45) is 5.20. The Kier molecular flexibility index (Phi) is 2.32. The highest BCUT2D eigenvalue weighted by molar-refractivity contribution is 5.46. The van der Waals surface area contributed by atoms with Gasteiger partial charge in [-0.25, -0.2) is 0 Å². The maximum absolute atomic E-state index is 10.1.